The topological polar surface area (TPSA) is 46.5 Å². The molecule has 0 radical (unpaired) electrons. The van der Waals surface area contributed by atoms with Gasteiger partial charge in [-0.3, -0.25) is 14.6 Å². The van der Waals surface area contributed by atoms with Gasteiger partial charge in [-0.15, -0.1) is 0 Å². The second-order valence-corrected chi connectivity index (χ2v) is 5.95. The Labute approximate surface area is 122 Å². The van der Waals surface area contributed by atoms with Crippen LogP contribution in [0.2, 0.25) is 0 Å². The third-order valence-corrected chi connectivity index (χ3v) is 4.47. The molecule has 3 nitrogen and oxygen atoms in total. The fraction of sp³-hybridized carbons (Fsp3) is 0.278. The number of nitrogens with zero attached hydrogens (tertiary/aromatic N) is 1. The maximum absolute atomic E-state index is 11.8. The largest absolute Gasteiger partial charge is 0.286 e. The van der Waals surface area contributed by atoms with E-state index in [-0.39, 0.29) is 0 Å². The summed E-state index contributed by atoms with van der Waals surface area (Å²) in [5.41, 5.74) is 4.57. The number of allylic oxidation sites excluding steroid dienone is 1. The van der Waals surface area contributed by atoms with Crippen LogP contribution in [0.5, 0.6) is 0 Å². The summed E-state index contributed by atoms with van der Waals surface area (Å²) in [6.07, 6.45) is 12.0. The highest BCUT2D eigenvalue weighted by Gasteiger charge is 2.24. The van der Waals surface area contributed by atoms with E-state index in [1.807, 2.05) is 6.21 Å². The van der Waals surface area contributed by atoms with Crippen molar-refractivity contribution in [3.63, 3.8) is 0 Å². The summed E-state index contributed by atoms with van der Waals surface area (Å²) < 4.78 is 0. The van der Waals surface area contributed by atoms with E-state index in [9.17, 15) is 9.59 Å². The van der Waals surface area contributed by atoms with Gasteiger partial charge in [-0.25, -0.2) is 0 Å². The van der Waals surface area contributed by atoms with Crippen molar-refractivity contribution in [1.82, 2.24) is 0 Å². The summed E-state index contributed by atoms with van der Waals surface area (Å²) in [4.78, 5) is 28.1. The smallest absolute Gasteiger partial charge is 0.226 e. The molecule has 3 aliphatic rings. The molecule has 0 fully saturated rings. The number of aliphatic imine (C=N–C) groups is 1. The average molecular weight is 277 g/mol. The molecule has 0 aromatic heterocycles. The lowest BCUT2D eigenvalue weighted by Gasteiger charge is -2.24. The first kappa shape index (κ1) is 12.5. The van der Waals surface area contributed by atoms with E-state index in [0.29, 0.717) is 5.92 Å². The van der Waals surface area contributed by atoms with E-state index in [4.69, 9.17) is 0 Å². The lowest BCUT2D eigenvalue weighted by Crippen LogP contribution is -2.38. The number of hydrogen-bond acceptors (Lipinski definition) is 3. The first-order chi connectivity index (χ1) is 10.1. The monoisotopic (exact) mass is 277 g/mol. The predicted molar refractivity (Wildman–Crippen MR) is 83.0 cm³/mol. The van der Waals surface area contributed by atoms with Crippen LogP contribution in [0.1, 0.15) is 30.0 Å². The second-order valence-electron chi connectivity index (χ2n) is 5.95. The number of carbonyl (C=O) groups excluding carboxylic acids is 2. The Hall–Kier alpha value is -2.29. The molecule has 0 amide bonds. The molecule has 0 bridgehead atoms. The van der Waals surface area contributed by atoms with Gasteiger partial charge in [-0.05, 0) is 59.2 Å². The third-order valence-electron chi connectivity index (χ3n) is 4.47. The number of hydrogen-bond donors (Lipinski definition) is 0. The van der Waals surface area contributed by atoms with Crippen molar-refractivity contribution >= 4 is 41.7 Å². The molecule has 0 saturated carbocycles. The van der Waals surface area contributed by atoms with Crippen LogP contribution in [0.3, 0.4) is 0 Å². The number of ketones is 2. The molecule has 1 atom stereocenters. The van der Waals surface area contributed by atoms with Crippen LogP contribution in [0.4, 0.5) is 5.69 Å². The number of Topliss-reactive ketones (excluding diaryl/α,β-unsaturated/α-hetero) is 2. The fourth-order valence-electron chi connectivity index (χ4n) is 3.46. The van der Waals surface area contributed by atoms with Crippen LogP contribution in [-0.2, 0) is 22.4 Å². The molecule has 1 aliphatic heterocycles. The summed E-state index contributed by atoms with van der Waals surface area (Å²) >= 11 is 0. The maximum Gasteiger partial charge on any atom is 0.226 e. The number of rotatable bonds is 0. The molecular formula is C18H15NO2. The molecular weight excluding hydrogens is 262 g/mol. The van der Waals surface area contributed by atoms with Crippen LogP contribution < -0.4 is 10.4 Å². The molecule has 0 N–H and O–H groups in total. The summed E-state index contributed by atoms with van der Waals surface area (Å²) in [6.45, 7) is 2.20. The molecule has 4 rings (SSSR count). The quantitative estimate of drug-likeness (QED) is 0.670. The molecule has 0 spiro atoms. The first-order valence-corrected chi connectivity index (χ1v) is 7.35. The molecule has 21 heavy (non-hydrogen) atoms. The Morgan fingerprint density at radius 1 is 1.10 bits per heavy atom. The Morgan fingerprint density at radius 3 is 2.67 bits per heavy atom. The number of fused-ring (bicyclic) bond motifs is 6. The zero-order valence-electron chi connectivity index (χ0n) is 11.8. The Bertz CT molecular complexity index is 872. The van der Waals surface area contributed by atoms with Gasteiger partial charge in [0, 0.05) is 11.4 Å². The van der Waals surface area contributed by atoms with Gasteiger partial charge in [0.05, 0.1) is 5.69 Å². The normalized spacial score (nSPS) is 22.0. The van der Waals surface area contributed by atoms with Crippen molar-refractivity contribution in [3.05, 3.63) is 33.2 Å². The third kappa shape index (κ3) is 1.77. The highest BCUT2D eigenvalue weighted by atomic mass is 16.2. The van der Waals surface area contributed by atoms with Gasteiger partial charge in [-0.1, -0.05) is 19.1 Å². The van der Waals surface area contributed by atoms with Gasteiger partial charge in [0.25, 0.3) is 0 Å². The van der Waals surface area contributed by atoms with E-state index < -0.39 is 11.6 Å². The molecule has 1 heterocycles. The van der Waals surface area contributed by atoms with Crippen LogP contribution in [0, 0.1) is 5.92 Å². The van der Waals surface area contributed by atoms with Crippen LogP contribution in [0.25, 0.3) is 18.2 Å². The Balaban J connectivity index is 2.19. The highest BCUT2D eigenvalue weighted by molar-refractivity contribution is 6.57. The van der Waals surface area contributed by atoms with Crippen molar-refractivity contribution in [2.75, 3.05) is 0 Å². The number of benzene rings is 1. The molecule has 1 aromatic rings. The van der Waals surface area contributed by atoms with Gasteiger partial charge in [-0.2, -0.15) is 0 Å². The van der Waals surface area contributed by atoms with Crippen molar-refractivity contribution in [1.29, 1.82) is 0 Å². The SMILES string of the molecule is CC1C=Cc2c(c3c(c4c2=CC(=O)C(=O)C=4)N=CCC3)C1. The van der Waals surface area contributed by atoms with Crippen molar-refractivity contribution in [2.24, 2.45) is 10.9 Å². The molecule has 104 valence electrons. The van der Waals surface area contributed by atoms with E-state index in [2.05, 4.69) is 24.1 Å². The van der Waals surface area contributed by atoms with Gasteiger partial charge < -0.3 is 0 Å². The lowest BCUT2D eigenvalue weighted by atomic mass is 9.81. The Kier molecular flexibility index (Phi) is 2.58. The number of carbonyl (C=O) groups is 2. The summed E-state index contributed by atoms with van der Waals surface area (Å²) in [5, 5.41) is 1.69. The van der Waals surface area contributed by atoms with Gasteiger partial charge in [0.2, 0.25) is 11.6 Å². The standard InChI is InChI=1S/C18H15NO2/c1-10-4-5-11-13(7-10)12-3-2-6-19-18(12)15-9-17(21)16(20)8-14(11)15/h4-6,8-10H,2-3,7H2,1H3. The van der Waals surface area contributed by atoms with E-state index in [1.165, 1.54) is 23.3 Å². The molecule has 2 aliphatic carbocycles. The minimum Gasteiger partial charge on any atom is -0.286 e. The van der Waals surface area contributed by atoms with E-state index in [0.717, 1.165) is 41.0 Å². The van der Waals surface area contributed by atoms with Gasteiger partial charge >= 0.3 is 0 Å². The van der Waals surface area contributed by atoms with Gasteiger partial charge in [0.15, 0.2) is 0 Å². The summed E-state index contributed by atoms with van der Waals surface area (Å²) in [6, 6.07) is 0. The van der Waals surface area contributed by atoms with E-state index >= 15 is 0 Å². The second kappa shape index (κ2) is 4.35. The Morgan fingerprint density at radius 2 is 1.86 bits per heavy atom. The van der Waals surface area contributed by atoms with Crippen molar-refractivity contribution < 1.29 is 9.59 Å². The minimum atomic E-state index is -0.446. The first-order valence-electron chi connectivity index (χ1n) is 7.35. The van der Waals surface area contributed by atoms with Crippen LogP contribution >= 0.6 is 0 Å². The lowest BCUT2D eigenvalue weighted by molar-refractivity contribution is -0.129. The van der Waals surface area contributed by atoms with Crippen molar-refractivity contribution in [3.8, 4) is 0 Å². The highest BCUT2D eigenvalue weighted by Crippen LogP contribution is 2.30. The maximum atomic E-state index is 11.8. The molecule has 1 aromatic carbocycles. The molecule has 1 unspecified atom stereocenters. The van der Waals surface area contributed by atoms with Crippen molar-refractivity contribution in [2.45, 2.75) is 26.2 Å². The summed E-state index contributed by atoms with van der Waals surface area (Å²) in [7, 11) is 0. The van der Waals surface area contributed by atoms with Crippen LogP contribution in [0.15, 0.2) is 11.1 Å². The van der Waals surface area contributed by atoms with Gasteiger partial charge in [0.1, 0.15) is 0 Å². The predicted octanol–water partition coefficient (Wildman–Crippen LogP) is 1.25. The zero-order valence-corrected chi connectivity index (χ0v) is 11.8. The zero-order chi connectivity index (χ0) is 14.6. The fourth-order valence-corrected chi connectivity index (χ4v) is 3.46. The molecule has 3 heteroatoms. The minimum absolute atomic E-state index is 0.434. The van der Waals surface area contributed by atoms with E-state index in [1.54, 1.807) is 0 Å². The average Bonchev–Trinajstić information content (AvgIpc) is 2.49. The van der Waals surface area contributed by atoms with Crippen LogP contribution in [-0.4, -0.2) is 17.8 Å². The molecule has 0 saturated heterocycles. The summed E-state index contributed by atoms with van der Waals surface area (Å²) in [5.74, 6) is -0.384.